The van der Waals surface area contributed by atoms with Gasteiger partial charge in [-0.05, 0) is 35.9 Å². The second-order valence-electron chi connectivity index (χ2n) is 4.85. The molecule has 2 aromatic carbocycles. The minimum Gasteiger partial charge on any atom is -0.497 e. The lowest BCUT2D eigenvalue weighted by Crippen LogP contribution is -1.93. The molecular formula is C17H15ClN2OS. The molecule has 3 aromatic rings. The summed E-state index contributed by atoms with van der Waals surface area (Å²) >= 11 is 7.56. The Morgan fingerprint density at radius 3 is 2.64 bits per heavy atom. The standard InChI is InChI=1S/C17H15ClN2OS/c1-21-14-8-12-4-7-16(20-17(12)15(19)9-14)22-10-11-2-5-13(18)6-3-11/h2-9H,10,19H2,1H3. The number of nitrogen functional groups attached to an aromatic ring is 1. The summed E-state index contributed by atoms with van der Waals surface area (Å²) in [6.07, 6.45) is 0. The second-order valence-corrected chi connectivity index (χ2v) is 6.29. The summed E-state index contributed by atoms with van der Waals surface area (Å²) in [5, 5.41) is 2.67. The summed E-state index contributed by atoms with van der Waals surface area (Å²) in [6.45, 7) is 0. The summed E-state index contributed by atoms with van der Waals surface area (Å²) in [4.78, 5) is 4.64. The quantitative estimate of drug-likeness (QED) is 0.553. The van der Waals surface area contributed by atoms with E-state index in [1.165, 1.54) is 5.56 Å². The molecule has 0 atom stereocenters. The SMILES string of the molecule is COc1cc(N)c2nc(SCc3ccc(Cl)cc3)ccc2c1. The lowest BCUT2D eigenvalue weighted by Gasteiger charge is -2.07. The number of nitrogens with two attached hydrogens (primary N) is 1. The molecule has 5 heteroatoms. The van der Waals surface area contributed by atoms with Gasteiger partial charge in [-0.15, -0.1) is 11.8 Å². The fraction of sp³-hybridized carbons (Fsp3) is 0.118. The summed E-state index contributed by atoms with van der Waals surface area (Å²) < 4.78 is 5.22. The maximum Gasteiger partial charge on any atom is 0.121 e. The van der Waals surface area contributed by atoms with Crippen molar-refractivity contribution in [2.24, 2.45) is 0 Å². The average Bonchev–Trinajstić information content (AvgIpc) is 2.54. The molecule has 112 valence electrons. The largest absolute Gasteiger partial charge is 0.497 e. The molecule has 0 saturated carbocycles. The van der Waals surface area contributed by atoms with Crippen LogP contribution in [0.1, 0.15) is 5.56 Å². The molecule has 0 radical (unpaired) electrons. The van der Waals surface area contributed by atoms with E-state index < -0.39 is 0 Å². The van der Waals surface area contributed by atoms with Gasteiger partial charge >= 0.3 is 0 Å². The van der Waals surface area contributed by atoms with E-state index in [0.717, 1.165) is 32.5 Å². The summed E-state index contributed by atoms with van der Waals surface area (Å²) in [5.41, 5.74) is 8.70. The Morgan fingerprint density at radius 2 is 1.91 bits per heavy atom. The lowest BCUT2D eigenvalue weighted by molar-refractivity contribution is 0.415. The first-order chi connectivity index (χ1) is 10.7. The molecule has 2 N–H and O–H groups in total. The number of methoxy groups -OCH3 is 1. The number of anilines is 1. The Hall–Kier alpha value is -1.91. The van der Waals surface area contributed by atoms with Crippen LogP contribution in [0.4, 0.5) is 5.69 Å². The number of hydrogen-bond donors (Lipinski definition) is 1. The molecule has 0 saturated heterocycles. The van der Waals surface area contributed by atoms with Crippen molar-refractivity contribution in [2.75, 3.05) is 12.8 Å². The van der Waals surface area contributed by atoms with E-state index in [-0.39, 0.29) is 0 Å². The van der Waals surface area contributed by atoms with Crippen molar-refractivity contribution in [1.29, 1.82) is 0 Å². The third kappa shape index (κ3) is 3.29. The normalized spacial score (nSPS) is 10.8. The maximum atomic E-state index is 6.06. The number of thioether (sulfide) groups is 1. The molecule has 1 aromatic heterocycles. The number of aromatic nitrogens is 1. The number of nitrogens with zero attached hydrogens (tertiary/aromatic N) is 1. The van der Waals surface area contributed by atoms with Gasteiger partial charge < -0.3 is 10.5 Å². The zero-order chi connectivity index (χ0) is 15.5. The van der Waals surface area contributed by atoms with Crippen LogP contribution >= 0.6 is 23.4 Å². The molecule has 22 heavy (non-hydrogen) atoms. The van der Waals surface area contributed by atoms with Crippen LogP contribution in [0.3, 0.4) is 0 Å². The second kappa shape index (κ2) is 6.46. The number of fused-ring (bicyclic) bond motifs is 1. The van der Waals surface area contributed by atoms with Gasteiger partial charge in [0, 0.05) is 22.2 Å². The first-order valence-corrected chi connectivity index (χ1v) is 8.13. The molecule has 0 spiro atoms. The number of hydrogen-bond acceptors (Lipinski definition) is 4. The topological polar surface area (TPSA) is 48.1 Å². The molecule has 0 unspecified atom stereocenters. The van der Waals surface area contributed by atoms with Gasteiger partial charge in [0.1, 0.15) is 5.75 Å². The Morgan fingerprint density at radius 1 is 1.14 bits per heavy atom. The average molecular weight is 331 g/mol. The molecule has 0 aliphatic rings. The Kier molecular flexibility index (Phi) is 4.41. The third-order valence-corrected chi connectivity index (χ3v) is 4.56. The molecule has 0 bridgehead atoms. The van der Waals surface area contributed by atoms with Crippen molar-refractivity contribution >= 4 is 40.0 Å². The Balaban J connectivity index is 1.82. The number of pyridine rings is 1. The van der Waals surface area contributed by atoms with Crippen LogP contribution < -0.4 is 10.5 Å². The van der Waals surface area contributed by atoms with E-state index >= 15 is 0 Å². The number of halogens is 1. The van der Waals surface area contributed by atoms with Crippen LogP contribution in [0.5, 0.6) is 5.75 Å². The van der Waals surface area contributed by atoms with Gasteiger partial charge in [0.05, 0.1) is 23.3 Å². The van der Waals surface area contributed by atoms with Crippen molar-refractivity contribution in [3.63, 3.8) is 0 Å². The van der Waals surface area contributed by atoms with E-state index in [1.54, 1.807) is 24.9 Å². The maximum absolute atomic E-state index is 6.06. The van der Waals surface area contributed by atoms with Crippen LogP contribution in [-0.2, 0) is 5.75 Å². The number of benzene rings is 2. The molecular weight excluding hydrogens is 316 g/mol. The van der Waals surface area contributed by atoms with Crippen molar-refractivity contribution in [3.05, 3.63) is 59.1 Å². The van der Waals surface area contributed by atoms with Crippen LogP contribution in [0.25, 0.3) is 10.9 Å². The highest BCUT2D eigenvalue weighted by molar-refractivity contribution is 7.98. The van der Waals surface area contributed by atoms with Crippen molar-refractivity contribution in [3.8, 4) is 5.75 Å². The zero-order valence-electron chi connectivity index (χ0n) is 12.0. The molecule has 0 aliphatic carbocycles. The van der Waals surface area contributed by atoms with Crippen LogP contribution in [-0.4, -0.2) is 12.1 Å². The number of ether oxygens (including phenoxy) is 1. The van der Waals surface area contributed by atoms with E-state index in [9.17, 15) is 0 Å². The molecule has 3 rings (SSSR count). The van der Waals surface area contributed by atoms with Gasteiger partial charge in [0.25, 0.3) is 0 Å². The lowest BCUT2D eigenvalue weighted by atomic mass is 10.2. The Bertz CT molecular complexity index is 806. The van der Waals surface area contributed by atoms with Gasteiger partial charge in [-0.1, -0.05) is 23.7 Å². The summed E-state index contributed by atoms with van der Waals surface area (Å²) in [5.74, 6) is 1.58. The minimum absolute atomic E-state index is 0.628. The van der Waals surface area contributed by atoms with E-state index in [1.807, 2.05) is 42.5 Å². The van der Waals surface area contributed by atoms with E-state index in [4.69, 9.17) is 22.1 Å². The van der Waals surface area contributed by atoms with Gasteiger partial charge in [-0.2, -0.15) is 0 Å². The molecule has 0 amide bonds. The van der Waals surface area contributed by atoms with Crippen molar-refractivity contribution in [1.82, 2.24) is 4.98 Å². The van der Waals surface area contributed by atoms with Crippen LogP contribution in [0, 0.1) is 0 Å². The van der Waals surface area contributed by atoms with E-state index in [0.29, 0.717) is 5.69 Å². The fourth-order valence-electron chi connectivity index (χ4n) is 2.15. The molecule has 0 aliphatic heterocycles. The number of rotatable bonds is 4. The van der Waals surface area contributed by atoms with Crippen LogP contribution in [0.2, 0.25) is 5.02 Å². The van der Waals surface area contributed by atoms with E-state index in [2.05, 4.69) is 4.98 Å². The van der Waals surface area contributed by atoms with Crippen LogP contribution in [0.15, 0.2) is 53.6 Å². The highest BCUT2D eigenvalue weighted by Crippen LogP contribution is 2.29. The third-order valence-electron chi connectivity index (χ3n) is 3.31. The predicted octanol–water partition coefficient (Wildman–Crippen LogP) is 4.77. The van der Waals surface area contributed by atoms with Gasteiger partial charge in [-0.25, -0.2) is 4.98 Å². The summed E-state index contributed by atoms with van der Waals surface area (Å²) in [6, 6.07) is 15.6. The molecule has 3 nitrogen and oxygen atoms in total. The first-order valence-electron chi connectivity index (χ1n) is 6.77. The highest BCUT2D eigenvalue weighted by atomic mass is 35.5. The minimum atomic E-state index is 0.628. The van der Waals surface area contributed by atoms with Crippen molar-refractivity contribution in [2.45, 2.75) is 10.8 Å². The zero-order valence-corrected chi connectivity index (χ0v) is 13.6. The van der Waals surface area contributed by atoms with Gasteiger partial charge in [0.15, 0.2) is 0 Å². The van der Waals surface area contributed by atoms with Crippen molar-refractivity contribution < 1.29 is 4.74 Å². The fourth-order valence-corrected chi connectivity index (χ4v) is 3.11. The molecule has 0 fully saturated rings. The first kappa shape index (κ1) is 15.0. The van der Waals surface area contributed by atoms with Gasteiger partial charge in [0.2, 0.25) is 0 Å². The predicted molar refractivity (Wildman–Crippen MR) is 93.7 cm³/mol. The van der Waals surface area contributed by atoms with Gasteiger partial charge in [-0.3, -0.25) is 0 Å². The smallest absolute Gasteiger partial charge is 0.121 e. The highest BCUT2D eigenvalue weighted by Gasteiger charge is 2.06. The Labute approximate surface area is 138 Å². The monoisotopic (exact) mass is 330 g/mol. The summed E-state index contributed by atoms with van der Waals surface area (Å²) in [7, 11) is 1.63. The molecule has 1 heterocycles.